The van der Waals surface area contributed by atoms with Crippen LogP contribution in [0, 0.1) is 0 Å². The second kappa shape index (κ2) is 10.9. The Balaban J connectivity index is 1.73. The van der Waals surface area contributed by atoms with Crippen molar-refractivity contribution >= 4 is 40.2 Å². The van der Waals surface area contributed by atoms with Crippen LogP contribution in [-0.4, -0.2) is 39.7 Å². The molecule has 1 saturated heterocycles. The maximum absolute atomic E-state index is 12.6. The lowest BCUT2D eigenvalue weighted by Crippen LogP contribution is -2.45. The maximum atomic E-state index is 12.6. The van der Waals surface area contributed by atoms with Gasteiger partial charge in [-0.3, -0.25) is 4.79 Å². The van der Waals surface area contributed by atoms with Crippen LogP contribution in [0.25, 0.3) is 11.0 Å². The van der Waals surface area contributed by atoms with Crippen LogP contribution in [0.2, 0.25) is 5.02 Å². The third-order valence-corrected chi connectivity index (χ3v) is 6.83. The van der Waals surface area contributed by atoms with Gasteiger partial charge in [-0.05, 0) is 95.8 Å². The first kappa shape index (κ1) is 29.0. The van der Waals surface area contributed by atoms with Crippen LogP contribution in [0.1, 0.15) is 65.5 Å². The molecule has 7 nitrogen and oxygen atoms in total. The molecule has 0 unspecified atom stereocenters. The maximum Gasteiger partial charge on any atom is 0.573 e. The van der Waals surface area contributed by atoms with Crippen LogP contribution in [0.15, 0.2) is 36.4 Å². The van der Waals surface area contributed by atoms with E-state index in [-0.39, 0.29) is 24.2 Å². The summed E-state index contributed by atoms with van der Waals surface area (Å²) in [5.41, 5.74) is 1.99. The van der Waals surface area contributed by atoms with Gasteiger partial charge in [0.05, 0.1) is 28.8 Å². The summed E-state index contributed by atoms with van der Waals surface area (Å²) in [4.78, 5) is 16.8. The number of nitrogens with one attached hydrogen (secondary N) is 1. The van der Waals surface area contributed by atoms with Gasteiger partial charge in [0, 0.05) is 23.2 Å². The van der Waals surface area contributed by atoms with E-state index in [1.54, 1.807) is 6.92 Å². The van der Waals surface area contributed by atoms with Crippen LogP contribution in [0.4, 0.5) is 24.8 Å². The van der Waals surface area contributed by atoms with Crippen molar-refractivity contribution in [1.82, 2.24) is 9.55 Å². The number of anilines is 2. The van der Waals surface area contributed by atoms with E-state index in [0.29, 0.717) is 48.0 Å². The standard InChI is InChI=1S/C28H33ClF3N3O4/c1-6-37-24(36)12-7-17-13-22-23(14-21(17)29)35(19-15-26(2,3)39-27(4,5)16-19)25(34-22)33-18-8-10-20(11-9-18)38-28(30,31)32/h8-11,13-14,19H,6-7,12,15-16H2,1-5H3,(H,33,34). The largest absolute Gasteiger partial charge is 0.573 e. The molecule has 0 aliphatic carbocycles. The number of ether oxygens (including phenoxy) is 3. The van der Waals surface area contributed by atoms with Gasteiger partial charge in [0.15, 0.2) is 0 Å². The number of esters is 1. The predicted molar refractivity (Wildman–Crippen MR) is 144 cm³/mol. The molecule has 39 heavy (non-hydrogen) atoms. The minimum Gasteiger partial charge on any atom is -0.466 e. The van der Waals surface area contributed by atoms with Gasteiger partial charge in [-0.2, -0.15) is 0 Å². The highest BCUT2D eigenvalue weighted by Gasteiger charge is 2.41. The number of aromatic nitrogens is 2. The van der Waals surface area contributed by atoms with Gasteiger partial charge in [0.1, 0.15) is 5.75 Å². The number of halogens is 4. The molecule has 0 bridgehead atoms. The first-order chi connectivity index (χ1) is 18.1. The summed E-state index contributed by atoms with van der Waals surface area (Å²) in [6.07, 6.45) is -2.76. The molecule has 2 aromatic carbocycles. The summed E-state index contributed by atoms with van der Waals surface area (Å²) < 4.78 is 55.2. The van der Waals surface area contributed by atoms with Crippen molar-refractivity contribution in [2.45, 2.75) is 83.9 Å². The molecule has 1 N–H and O–H groups in total. The van der Waals surface area contributed by atoms with Crippen LogP contribution in [0.3, 0.4) is 0 Å². The topological polar surface area (TPSA) is 74.6 Å². The lowest BCUT2D eigenvalue weighted by molar-refractivity contribution is -0.274. The minimum absolute atomic E-state index is 0.00876. The Morgan fingerprint density at radius 3 is 2.38 bits per heavy atom. The molecule has 1 fully saturated rings. The highest BCUT2D eigenvalue weighted by atomic mass is 35.5. The zero-order valence-corrected chi connectivity index (χ0v) is 23.4. The van der Waals surface area contributed by atoms with Gasteiger partial charge in [-0.1, -0.05) is 11.6 Å². The lowest BCUT2D eigenvalue weighted by atomic mass is 9.85. The second-order valence-corrected chi connectivity index (χ2v) is 11.3. The van der Waals surface area contributed by atoms with E-state index in [4.69, 9.17) is 26.1 Å². The minimum atomic E-state index is -4.77. The number of nitrogens with zero attached hydrogens (tertiary/aromatic N) is 2. The number of hydrogen-bond donors (Lipinski definition) is 1. The Hall–Kier alpha value is -2.98. The number of imidazole rings is 1. The number of alkyl halides is 3. The van der Waals surface area contributed by atoms with Gasteiger partial charge in [-0.25, -0.2) is 4.98 Å². The monoisotopic (exact) mass is 567 g/mol. The Morgan fingerprint density at radius 2 is 1.79 bits per heavy atom. The van der Waals surface area contributed by atoms with Crippen molar-refractivity contribution in [3.05, 3.63) is 47.0 Å². The predicted octanol–water partition coefficient (Wildman–Crippen LogP) is 7.74. The van der Waals surface area contributed by atoms with Crippen molar-refractivity contribution in [2.75, 3.05) is 11.9 Å². The molecule has 0 radical (unpaired) electrons. The summed E-state index contributed by atoms with van der Waals surface area (Å²) in [7, 11) is 0. The second-order valence-electron chi connectivity index (χ2n) is 10.9. The van der Waals surface area contributed by atoms with Crippen LogP contribution >= 0.6 is 11.6 Å². The molecular weight excluding hydrogens is 535 g/mol. The van der Waals surface area contributed by atoms with Crippen molar-refractivity contribution in [3.63, 3.8) is 0 Å². The smallest absolute Gasteiger partial charge is 0.466 e. The number of hydrogen-bond acceptors (Lipinski definition) is 6. The fourth-order valence-electron chi connectivity index (χ4n) is 5.37. The average Bonchev–Trinajstić information content (AvgIpc) is 3.12. The quantitative estimate of drug-likeness (QED) is 0.281. The van der Waals surface area contributed by atoms with E-state index in [1.807, 2.05) is 39.8 Å². The Bertz CT molecular complexity index is 1320. The molecule has 3 aromatic rings. The SMILES string of the molecule is CCOC(=O)CCc1cc2nc(Nc3ccc(OC(F)(F)F)cc3)n(C3CC(C)(C)OC(C)(C)C3)c2cc1Cl. The molecule has 0 saturated carbocycles. The van der Waals surface area contributed by atoms with Crippen LogP contribution in [-0.2, 0) is 20.7 Å². The van der Waals surface area contributed by atoms with Crippen LogP contribution < -0.4 is 10.1 Å². The van der Waals surface area contributed by atoms with Gasteiger partial charge >= 0.3 is 12.3 Å². The van der Waals surface area contributed by atoms with E-state index in [9.17, 15) is 18.0 Å². The Labute approximate surface area is 230 Å². The Morgan fingerprint density at radius 1 is 1.15 bits per heavy atom. The van der Waals surface area contributed by atoms with Gasteiger partial charge in [-0.15, -0.1) is 13.2 Å². The van der Waals surface area contributed by atoms with Crippen molar-refractivity contribution < 1.29 is 32.2 Å². The fraction of sp³-hybridized carbons (Fsp3) is 0.500. The summed E-state index contributed by atoms with van der Waals surface area (Å²) in [6, 6.07) is 9.20. The van der Waals surface area contributed by atoms with Gasteiger partial charge in [0.2, 0.25) is 5.95 Å². The third-order valence-electron chi connectivity index (χ3n) is 6.48. The summed E-state index contributed by atoms with van der Waals surface area (Å²) in [6.45, 7) is 10.3. The number of rotatable bonds is 8. The average molecular weight is 568 g/mol. The number of carbonyl (C=O) groups is 1. The normalized spacial score (nSPS) is 17.3. The molecule has 1 aliphatic heterocycles. The molecule has 2 heterocycles. The van der Waals surface area contributed by atoms with Crippen molar-refractivity contribution in [2.24, 2.45) is 0 Å². The summed E-state index contributed by atoms with van der Waals surface area (Å²) in [5, 5.41) is 3.78. The number of fused-ring (bicyclic) bond motifs is 1. The van der Waals surface area contributed by atoms with E-state index >= 15 is 0 Å². The molecule has 0 amide bonds. The fourth-order valence-corrected chi connectivity index (χ4v) is 5.62. The zero-order chi connectivity index (χ0) is 28.6. The number of aryl methyl sites for hydroxylation is 1. The van der Waals surface area contributed by atoms with E-state index < -0.39 is 17.6 Å². The first-order valence-electron chi connectivity index (χ1n) is 12.8. The third kappa shape index (κ3) is 7.36. The molecule has 1 aliphatic rings. The first-order valence-corrected chi connectivity index (χ1v) is 13.2. The van der Waals surface area contributed by atoms with Gasteiger partial charge in [0.25, 0.3) is 0 Å². The zero-order valence-electron chi connectivity index (χ0n) is 22.6. The highest BCUT2D eigenvalue weighted by molar-refractivity contribution is 6.32. The van der Waals surface area contributed by atoms with E-state index in [2.05, 4.69) is 14.6 Å². The molecular formula is C28H33ClF3N3O4. The summed E-state index contributed by atoms with van der Waals surface area (Å²) >= 11 is 6.68. The lowest BCUT2D eigenvalue weighted by Gasteiger charge is -2.46. The van der Waals surface area contributed by atoms with E-state index in [0.717, 1.165) is 11.1 Å². The van der Waals surface area contributed by atoms with Crippen LogP contribution in [0.5, 0.6) is 5.75 Å². The molecule has 0 atom stereocenters. The molecule has 0 spiro atoms. The van der Waals surface area contributed by atoms with E-state index in [1.165, 1.54) is 24.3 Å². The highest BCUT2D eigenvalue weighted by Crippen LogP contribution is 2.44. The molecule has 1 aromatic heterocycles. The van der Waals surface area contributed by atoms with Crippen molar-refractivity contribution in [3.8, 4) is 5.75 Å². The molecule has 212 valence electrons. The molecule has 11 heteroatoms. The molecule has 4 rings (SSSR count). The number of carbonyl (C=O) groups excluding carboxylic acids is 1. The Kier molecular flexibility index (Phi) is 8.10. The van der Waals surface area contributed by atoms with Gasteiger partial charge < -0.3 is 24.1 Å². The van der Waals surface area contributed by atoms with Crippen molar-refractivity contribution in [1.29, 1.82) is 0 Å². The number of benzene rings is 2. The summed E-state index contributed by atoms with van der Waals surface area (Å²) in [5.74, 6) is -0.0923.